The number of nitrogens with zero attached hydrogens (tertiary/aromatic N) is 1. The zero-order valence-electron chi connectivity index (χ0n) is 16.1. The largest absolute Gasteiger partial charge is 0.490 e. The van der Waals surface area contributed by atoms with Crippen molar-refractivity contribution in [1.82, 2.24) is 10.2 Å². The van der Waals surface area contributed by atoms with E-state index in [1.54, 1.807) is 32.4 Å². The molecule has 0 spiro atoms. The lowest BCUT2D eigenvalue weighted by Crippen LogP contribution is -2.35. The third-order valence-corrected chi connectivity index (χ3v) is 5.04. The summed E-state index contributed by atoms with van der Waals surface area (Å²) in [4.78, 5) is 14.9. The Hall–Kier alpha value is -2.05. The molecule has 0 aliphatic rings. The van der Waals surface area contributed by atoms with Gasteiger partial charge in [0.25, 0.3) is 5.91 Å². The molecule has 0 bridgehead atoms. The summed E-state index contributed by atoms with van der Waals surface area (Å²) >= 11 is 1.75. The SMILES string of the molecule is CCOc1cc(CNC(C)c2cccs2)ccc1OC(C)C(=O)N(C)C. The van der Waals surface area contributed by atoms with Gasteiger partial charge < -0.3 is 19.7 Å². The Morgan fingerprint density at radius 1 is 1.23 bits per heavy atom. The summed E-state index contributed by atoms with van der Waals surface area (Å²) in [6.07, 6.45) is -0.563. The van der Waals surface area contributed by atoms with Crippen molar-refractivity contribution < 1.29 is 14.3 Å². The molecule has 2 aromatic rings. The van der Waals surface area contributed by atoms with Crippen molar-refractivity contribution in [3.8, 4) is 11.5 Å². The van der Waals surface area contributed by atoms with Crippen LogP contribution in [0.3, 0.4) is 0 Å². The van der Waals surface area contributed by atoms with E-state index in [0.717, 1.165) is 12.1 Å². The first-order valence-corrected chi connectivity index (χ1v) is 9.70. The second-order valence-electron chi connectivity index (χ2n) is 6.32. The lowest BCUT2D eigenvalue weighted by atomic mass is 10.1. The van der Waals surface area contributed by atoms with Gasteiger partial charge in [0.1, 0.15) is 0 Å². The van der Waals surface area contributed by atoms with E-state index in [1.807, 2.05) is 25.1 Å². The molecule has 1 N–H and O–H groups in total. The Morgan fingerprint density at radius 2 is 2.00 bits per heavy atom. The van der Waals surface area contributed by atoms with Crippen molar-refractivity contribution in [2.75, 3.05) is 20.7 Å². The summed E-state index contributed by atoms with van der Waals surface area (Å²) in [5.74, 6) is 1.17. The highest BCUT2D eigenvalue weighted by molar-refractivity contribution is 7.10. The van der Waals surface area contributed by atoms with Crippen molar-refractivity contribution in [1.29, 1.82) is 0 Å². The fourth-order valence-corrected chi connectivity index (χ4v) is 3.30. The molecule has 26 heavy (non-hydrogen) atoms. The number of thiophene rings is 1. The normalized spacial score (nSPS) is 13.1. The van der Waals surface area contributed by atoms with E-state index in [0.29, 0.717) is 24.1 Å². The molecule has 0 aliphatic carbocycles. The molecule has 1 aromatic carbocycles. The van der Waals surface area contributed by atoms with Gasteiger partial charge in [-0.15, -0.1) is 11.3 Å². The van der Waals surface area contributed by atoms with Gasteiger partial charge in [-0.25, -0.2) is 0 Å². The Kier molecular flexibility index (Phi) is 7.48. The molecular weight excluding hydrogens is 348 g/mol. The minimum atomic E-state index is -0.563. The van der Waals surface area contributed by atoms with Crippen LogP contribution in [0.25, 0.3) is 0 Å². The van der Waals surface area contributed by atoms with Crippen LogP contribution in [0.15, 0.2) is 35.7 Å². The molecule has 1 amide bonds. The average molecular weight is 377 g/mol. The first kappa shape index (κ1) is 20.3. The number of likely N-dealkylation sites (N-methyl/N-ethyl adjacent to an activating group) is 1. The minimum Gasteiger partial charge on any atom is -0.490 e. The van der Waals surface area contributed by atoms with Crippen LogP contribution in [0.4, 0.5) is 0 Å². The maximum Gasteiger partial charge on any atom is 0.262 e. The number of benzene rings is 1. The summed E-state index contributed by atoms with van der Waals surface area (Å²) < 4.78 is 11.5. The molecule has 1 aromatic heterocycles. The van der Waals surface area contributed by atoms with E-state index in [4.69, 9.17) is 9.47 Å². The topological polar surface area (TPSA) is 50.8 Å². The van der Waals surface area contributed by atoms with Crippen LogP contribution in [0.5, 0.6) is 11.5 Å². The van der Waals surface area contributed by atoms with E-state index < -0.39 is 6.10 Å². The number of carbonyl (C=O) groups excluding carboxylic acids is 1. The van der Waals surface area contributed by atoms with E-state index in [-0.39, 0.29) is 5.91 Å². The molecule has 142 valence electrons. The van der Waals surface area contributed by atoms with E-state index in [1.165, 1.54) is 9.78 Å². The maximum absolute atomic E-state index is 12.0. The average Bonchev–Trinajstić information content (AvgIpc) is 3.15. The van der Waals surface area contributed by atoms with Crippen LogP contribution in [-0.4, -0.2) is 37.6 Å². The molecule has 0 fully saturated rings. The number of nitrogens with one attached hydrogen (secondary N) is 1. The summed E-state index contributed by atoms with van der Waals surface area (Å²) in [7, 11) is 3.43. The van der Waals surface area contributed by atoms with Gasteiger partial charge in [0.15, 0.2) is 17.6 Å². The highest BCUT2D eigenvalue weighted by Gasteiger charge is 2.19. The molecule has 6 heteroatoms. The second-order valence-corrected chi connectivity index (χ2v) is 7.30. The molecule has 0 aliphatic heterocycles. The molecule has 0 radical (unpaired) electrons. The molecule has 2 atom stereocenters. The number of amides is 1. The number of ether oxygens (including phenoxy) is 2. The molecule has 0 saturated carbocycles. The number of carbonyl (C=O) groups is 1. The monoisotopic (exact) mass is 376 g/mol. The van der Waals surface area contributed by atoms with Gasteiger partial charge in [-0.3, -0.25) is 4.79 Å². The van der Waals surface area contributed by atoms with Gasteiger partial charge in [-0.1, -0.05) is 12.1 Å². The fourth-order valence-electron chi connectivity index (χ4n) is 2.54. The molecule has 1 heterocycles. The summed E-state index contributed by atoms with van der Waals surface area (Å²) in [6, 6.07) is 10.3. The zero-order chi connectivity index (χ0) is 19.1. The van der Waals surface area contributed by atoms with Crippen molar-refractivity contribution in [3.05, 3.63) is 46.2 Å². The van der Waals surface area contributed by atoms with Crippen LogP contribution < -0.4 is 14.8 Å². The maximum atomic E-state index is 12.0. The Balaban J connectivity index is 2.06. The minimum absolute atomic E-state index is 0.0806. The van der Waals surface area contributed by atoms with Crippen LogP contribution in [0.2, 0.25) is 0 Å². The summed E-state index contributed by atoms with van der Waals surface area (Å²) in [5.41, 5.74) is 1.11. The van der Waals surface area contributed by atoms with Gasteiger partial charge in [0, 0.05) is 31.6 Å². The highest BCUT2D eigenvalue weighted by atomic mass is 32.1. The third-order valence-electron chi connectivity index (χ3n) is 3.98. The van der Waals surface area contributed by atoms with Crippen LogP contribution in [-0.2, 0) is 11.3 Å². The Bertz CT molecular complexity index is 701. The predicted octanol–water partition coefficient (Wildman–Crippen LogP) is 3.85. The fraction of sp³-hybridized carbons (Fsp3) is 0.450. The molecular formula is C20H28N2O3S. The molecule has 5 nitrogen and oxygen atoms in total. The van der Waals surface area contributed by atoms with E-state index in [9.17, 15) is 4.79 Å². The van der Waals surface area contributed by atoms with Gasteiger partial charge in [-0.05, 0) is 49.9 Å². The summed E-state index contributed by atoms with van der Waals surface area (Å²) in [6.45, 7) is 7.10. The smallest absolute Gasteiger partial charge is 0.262 e. The summed E-state index contributed by atoms with van der Waals surface area (Å²) in [5, 5.41) is 5.60. The predicted molar refractivity (Wildman–Crippen MR) is 106 cm³/mol. The quantitative estimate of drug-likeness (QED) is 0.722. The lowest BCUT2D eigenvalue weighted by molar-refractivity contribution is -0.135. The molecule has 2 rings (SSSR count). The Morgan fingerprint density at radius 3 is 2.62 bits per heavy atom. The van der Waals surface area contributed by atoms with E-state index >= 15 is 0 Å². The van der Waals surface area contributed by atoms with E-state index in [2.05, 4.69) is 29.8 Å². The van der Waals surface area contributed by atoms with Crippen LogP contribution in [0.1, 0.15) is 37.3 Å². The molecule has 2 unspecified atom stereocenters. The van der Waals surface area contributed by atoms with Crippen LogP contribution in [0, 0.1) is 0 Å². The van der Waals surface area contributed by atoms with Crippen molar-refractivity contribution in [3.63, 3.8) is 0 Å². The van der Waals surface area contributed by atoms with Crippen LogP contribution >= 0.6 is 11.3 Å². The number of hydrogen-bond donors (Lipinski definition) is 1. The first-order valence-electron chi connectivity index (χ1n) is 8.82. The van der Waals surface area contributed by atoms with Crippen molar-refractivity contribution in [2.24, 2.45) is 0 Å². The van der Waals surface area contributed by atoms with Gasteiger partial charge in [0.2, 0.25) is 0 Å². The van der Waals surface area contributed by atoms with Gasteiger partial charge in [-0.2, -0.15) is 0 Å². The molecule has 0 saturated heterocycles. The van der Waals surface area contributed by atoms with Crippen molar-refractivity contribution >= 4 is 17.2 Å². The number of hydrogen-bond acceptors (Lipinski definition) is 5. The third kappa shape index (κ3) is 5.47. The second kappa shape index (κ2) is 9.59. The van der Waals surface area contributed by atoms with Crippen molar-refractivity contribution in [2.45, 2.75) is 39.5 Å². The zero-order valence-corrected chi connectivity index (χ0v) is 16.9. The number of rotatable bonds is 9. The van der Waals surface area contributed by atoms with Gasteiger partial charge >= 0.3 is 0 Å². The van der Waals surface area contributed by atoms with Gasteiger partial charge in [0.05, 0.1) is 6.61 Å². The standard InChI is InChI=1S/C20H28N2O3S/c1-6-24-18-12-16(13-21-14(2)19-8-7-11-26-19)9-10-17(18)25-15(3)20(23)22(4)5/h7-12,14-15,21H,6,13H2,1-5H3. The first-order chi connectivity index (χ1) is 12.4. The highest BCUT2D eigenvalue weighted by Crippen LogP contribution is 2.30. The Labute approximate surface area is 159 Å². The lowest BCUT2D eigenvalue weighted by Gasteiger charge is -2.20.